The third kappa shape index (κ3) is 29.2. The first-order chi connectivity index (χ1) is 43.5. The van der Waals surface area contributed by atoms with Gasteiger partial charge in [-0.05, 0) is 149 Å². The highest BCUT2D eigenvalue weighted by molar-refractivity contribution is 8.14. The highest BCUT2D eigenvalue weighted by Crippen LogP contribution is 2.48. The van der Waals surface area contributed by atoms with Crippen LogP contribution in [0.4, 0.5) is 0 Å². The molecule has 16 nitrogen and oxygen atoms in total. The Bertz CT molecular complexity index is 2430. The number of aromatic nitrogens is 8. The van der Waals surface area contributed by atoms with E-state index in [1.54, 1.807) is 47.0 Å². The van der Waals surface area contributed by atoms with Gasteiger partial charge in [0.05, 0.1) is 39.2 Å². The van der Waals surface area contributed by atoms with E-state index in [-0.39, 0.29) is 52.9 Å². The van der Waals surface area contributed by atoms with Crippen molar-refractivity contribution in [1.82, 2.24) is 39.9 Å². The number of nitrogens with one attached hydrogen (secondary N) is 2. The van der Waals surface area contributed by atoms with Crippen molar-refractivity contribution in [2.75, 3.05) is 98.9 Å². The number of hydrogen-bond acceptors (Lipinski definition) is 22. The SMILES string of the molecule is OCCCCCCSC1=C(SCCCCCCO)c2nc1nc1nc(nc3[nH]c(nc4[nH]c(n2)c(SCCCCCCO)c4SCCCCCCO)c(SCCCCCCO)c3SCCCCCCO)C(SCCCCCCO)=C1SCCCCCCO. The molecule has 3 aromatic heterocycles. The Morgan fingerprint density at radius 1 is 0.193 bits per heavy atom. The largest absolute Gasteiger partial charge is 0.396 e. The molecule has 2 aliphatic heterocycles. The average molecular weight is 1370 g/mol. The van der Waals surface area contributed by atoms with Crippen molar-refractivity contribution in [3.63, 3.8) is 0 Å². The molecule has 0 radical (unpaired) electrons. The van der Waals surface area contributed by atoms with Crippen molar-refractivity contribution in [1.29, 1.82) is 0 Å². The molecule has 10 N–H and O–H groups in total. The molecule has 0 fully saturated rings. The lowest BCUT2D eigenvalue weighted by molar-refractivity contribution is 0.282. The molecule has 0 saturated heterocycles. The molecule has 0 amide bonds. The zero-order valence-electron chi connectivity index (χ0n) is 52.5. The number of thioether (sulfide) groups is 8. The highest BCUT2D eigenvalue weighted by Gasteiger charge is 2.30. The Balaban J connectivity index is 1.92. The maximum Gasteiger partial charge on any atom is 0.171 e. The van der Waals surface area contributed by atoms with Crippen LogP contribution in [0.2, 0.25) is 0 Å². The van der Waals surface area contributed by atoms with E-state index in [1.807, 2.05) is 47.0 Å². The summed E-state index contributed by atoms with van der Waals surface area (Å²) in [5, 5.41) is 77.1. The number of fused-ring (bicyclic) bond motifs is 8. The second-order valence-electron chi connectivity index (χ2n) is 22.1. The second kappa shape index (κ2) is 50.3. The fraction of sp³-hybridized carbons (Fsp3) is 0.750. The fourth-order valence-electron chi connectivity index (χ4n) is 9.72. The lowest BCUT2D eigenvalue weighted by Crippen LogP contribution is -1.93. The van der Waals surface area contributed by atoms with Crippen molar-refractivity contribution < 1.29 is 40.9 Å². The number of unbranched alkanes of at least 4 members (excludes halogenated alkanes) is 24. The minimum Gasteiger partial charge on any atom is -0.396 e. The number of rotatable bonds is 56. The van der Waals surface area contributed by atoms with Gasteiger partial charge >= 0.3 is 0 Å². The Labute approximate surface area is 560 Å². The summed E-state index contributed by atoms with van der Waals surface area (Å²) in [6.45, 7) is 1.52. The summed E-state index contributed by atoms with van der Waals surface area (Å²) in [4.78, 5) is 49.5. The van der Waals surface area contributed by atoms with E-state index in [4.69, 9.17) is 29.9 Å². The summed E-state index contributed by atoms with van der Waals surface area (Å²) < 4.78 is 0. The molecular formula is C64H106N8O8S8. The van der Waals surface area contributed by atoms with E-state index in [2.05, 4.69) is 9.97 Å². The normalized spacial score (nSPS) is 12.7. The molecule has 24 heteroatoms. The van der Waals surface area contributed by atoms with Gasteiger partial charge in [0.25, 0.3) is 0 Å². The van der Waals surface area contributed by atoms with Crippen LogP contribution < -0.4 is 0 Å². The van der Waals surface area contributed by atoms with Crippen LogP contribution in [-0.2, 0) is 0 Å². The van der Waals surface area contributed by atoms with Crippen molar-refractivity contribution in [3.05, 3.63) is 23.3 Å². The van der Waals surface area contributed by atoms with Crippen LogP contribution in [-0.4, -0.2) is 180 Å². The summed E-state index contributed by atoms with van der Waals surface area (Å²) in [7, 11) is 0. The molecule has 0 spiro atoms. The zero-order valence-corrected chi connectivity index (χ0v) is 59.0. The summed E-state index contributed by atoms with van der Waals surface area (Å²) >= 11 is 14.4. The van der Waals surface area contributed by atoms with Crippen LogP contribution in [0.1, 0.15) is 229 Å². The Morgan fingerprint density at radius 2 is 0.364 bits per heavy atom. The molecule has 498 valence electrons. The molecule has 0 atom stereocenters. The van der Waals surface area contributed by atoms with Gasteiger partial charge in [0.15, 0.2) is 23.3 Å². The minimum absolute atomic E-state index is 0.188. The fourth-order valence-corrected chi connectivity index (χ4v) is 19.2. The maximum absolute atomic E-state index is 9.64. The van der Waals surface area contributed by atoms with Crippen LogP contribution in [0, 0.1) is 0 Å². The third-order valence-corrected chi connectivity index (χ3v) is 24.6. The van der Waals surface area contributed by atoms with Gasteiger partial charge in [-0.15, -0.1) is 94.1 Å². The van der Waals surface area contributed by atoms with Crippen LogP contribution in [0.3, 0.4) is 0 Å². The van der Waals surface area contributed by atoms with Gasteiger partial charge in [-0.2, -0.15) is 0 Å². The lowest BCUT2D eigenvalue weighted by Gasteiger charge is -2.09. The Hall–Kier alpha value is -1.20. The maximum atomic E-state index is 9.64. The molecular weight excluding hydrogens is 1270 g/mol. The number of nitrogens with zero attached hydrogens (tertiary/aromatic N) is 6. The standard InChI is InChI=1S/C64H106N8O8S8/c73-33-17-1-9-25-41-81-49-50(82-42-26-10-2-18-34-74)58-65-57(49)69-59-51(83-43-27-11-3-19-35-75)52(84-44-28-12-4-20-36-76)61(66-59)71-63-55(87-47-31-15-7-23-39-79)56(88-48-32-16-8-24-40-80)64(68-63)72-62-54(86-46-30-14-6-22-38-78)53(60(67-62)70-58)85-45-29-13-5-21-37-77/h73-80H,1-48H2,(H2,65,66,67,68,69,70,71,72). The molecule has 0 aliphatic carbocycles. The predicted octanol–water partition coefficient (Wildman–Crippen LogP) is 15.3. The Kier molecular flexibility index (Phi) is 44.3. The van der Waals surface area contributed by atoms with Crippen LogP contribution >= 0.6 is 94.1 Å². The number of hydrogen-bond donors (Lipinski definition) is 10. The summed E-state index contributed by atoms with van der Waals surface area (Å²) in [6, 6.07) is 0. The van der Waals surface area contributed by atoms with Crippen LogP contribution in [0.5, 0.6) is 0 Å². The first kappa shape index (κ1) is 77.5. The summed E-state index contributed by atoms with van der Waals surface area (Å²) in [6.07, 6.45) is 29.8. The second-order valence-corrected chi connectivity index (χ2v) is 31.0. The molecule has 0 saturated carbocycles. The molecule has 5 heterocycles. The van der Waals surface area contributed by atoms with Gasteiger partial charge in [-0.1, -0.05) is 103 Å². The van der Waals surface area contributed by atoms with E-state index < -0.39 is 0 Å². The lowest BCUT2D eigenvalue weighted by atomic mass is 10.2. The molecule has 0 aromatic carbocycles. The van der Waals surface area contributed by atoms with E-state index >= 15 is 0 Å². The first-order valence-corrected chi connectivity index (χ1v) is 41.0. The molecule has 8 bridgehead atoms. The third-order valence-electron chi connectivity index (χ3n) is 14.7. The van der Waals surface area contributed by atoms with Gasteiger partial charge < -0.3 is 50.8 Å². The van der Waals surface area contributed by atoms with Gasteiger partial charge in [-0.3, -0.25) is 0 Å². The monoisotopic (exact) mass is 1370 g/mol. The molecule has 5 rings (SSSR count). The molecule has 0 unspecified atom stereocenters. The van der Waals surface area contributed by atoms with Gasteiger partial charge in [0.1, 0.15) is 22.6 Å². The molecule has 3 aromatic rings. The van der Waals surface area contributed by atoms with Crippen molar-refractivity contribution in [3.8, 4) is 0 Å². The number of H-pyrrole nitrogens is 2. The summed E-state index contributed by atoms with van der Waals surface area (Å²) in [5.41, 5.74) is 2.87. The minimum atomic E-state index is 0.188. The van der Waals surface area contributed by atoms with Crippen LogP contribution in [0.25, 0.3) is 42.2 Å². The van der Waals surface area contributed by atoms with Gasteiger partial charge in [-0.25, -0.2) is 29.9 Å². The Morgan fingerprint density at radius 3 is 0.568 bits per heavy atom. The summed E-state index contributed by atoms with van der Waals surface area (Å²) in [5.74, 6) is 9.19. The number of aliphatic hydroxyl groups is 8. The van der Waals surface area contributed by atoms with E-state index in [1.165, 1.54) is 0 Å². The predicted molar refractivity (Wildman–Crippen MR) is 383 cm³/mol. The van der Waals surface area contributed by atoms with Crippen LogP contribution in [0.15, 0.2) is 19.6 Å². The number of aromatic amines is 2. The average Bonchev–Trinajstić information content (AvgIpc) is 2.38. The molecule has 2 aliphatic rings. The molecule has 88 heavy (non-hydrogen) atoms. The quantitative estimate of drug-likeness (QED) is 0.0186. The smallest absolute Gasteiger partial charge is 0.171 e. The zero-order chi connectivity index (χ0) is 62.5. The van der Waals surface area contributed by atoms with Gasteiger partial charge in [0.2, 0.25) is 0 Å². The van der Waals surface area contributed by atoms with E-state index in [0.717, 1.165) is 302 Å². The van der Waals surface area contributed by atoms with Crippen molar-refractivity contribution >= 4 is 136 Å². The van der Waals surface area contributed by atoms with E-state index in [0.29, 0.717) is 34.6 Å². The first-order valence-electron chi connectivity index (χ1n) is 33.2. The van der Waals surface area contributed by atoms with Crippen molar-refractivity contribution in [2.24, 2.45) is 0 Å². The topological polar surface area (TPSA) is 271 Å². The van der Waals surface area contributed by atoms with Gasteiger partial charge in [0, 0.05) is 52.9 Å². The van der Waals surface area contributed by atoms with E-state index in [9.17, 15) is 40.9 Å². The number of aliphatic hydroxyl groups excluding tert-OH is 8. The highest BCUT2D eigenvalue weighted by atomic mass is 32.2. The van der Waals surface area contributed by atoms with Crippen molar-refractivity contribution in [2.45, 2.75) is 225 Å².